The van der Waals surface area contributed by atoms with Gasteiger partial charge in [-0.1, -0.05) is 52.3 Å². The predicted octanol–water partition coefficient (Wildman–Crippen LogP) is 5.51. The second-order valence-electron chi connectivity index (χ2n) is 8.68. The van der Waals surface area contributed by atoms with Gasteiger partial charge in [-0.2, -0.15) is 0 Å². The molecule has 3 N–H and O–H groups in total. The third-order valence-corrected chi connectivity index (χ3v) is 6.22. The van der Waals surface area contributed by atoms with Gasteiger partial charge in [0.1, 0.15) is 11.5 Å². The molecule has 0 heterocycles. The van der Waals surface area contributed by atoms with Crippen LogP contribution in [-0.2, 0) is 19.1 Å². The lowest BCUT2D eigenvalue weighted by atomic mass is 10.1. The molecule has 0 unspecified atom stereocenters. The van der Waals surface area contributed by atoms with Crippen molar-refractivity contribution in [2.45, 2.75) is 19.3 Å². The average molecular weight is 604 g/mol. The summed E-state index contributed by atoms with van der Waals surface area (Å²) in [5.74, 6) is -0.714. The molecule has 9 nitrogen and oxygen atoms in total. The summed E-state index contributed by atoms with van der Waals surface area (Å²) in [5.41, 5.74) is 5.36. The number of amides is 3. The normalized spacial score (nSPS) is 10.4. The second kappa shape index (κ2) is 13.9. The molecule has 40 heavy (non-hydrogen) atoms. The van der Waals surface area contributed by atoms with Gasteiger partial charge >= 0.3 is 5.97 Å². The number of fused-ring (bicyclic) bond motifs is 1. The fraction of sp³-hybridized carbons (Fsp3) is 0.133. The van der Waals surface area contributed by atoms with Gasteiger partial charge in [0, 0.05) is 34.0 Å². The van der Waals surface area contributed by atoms with Crippen molar-refractivity contribution in [2.75, 3.05) is 11.9 Å². The second-order valence-corrected chi connectivity index (χ2v) is 9.59. The van der Waals surface area contributed by atoms with Crippen molar-refractivity contribution < 1.29 is 28.7 Å². The molecular weight excluding hydrogens is 578 g/mol. The molecule has 204 valence electrons. The van der Waals surface area contributed by atoms with Gasteiger partial charge in [0.2, 0.25) is 5.91 Å². The number of hydrazine groups is 1. The molecule has 0 aliphatic rings. The molecule has 0 aliphatic heterocycles. The molecule has 4 aromatic carbocycles. The van der Waals surface area contributed by atoms with E-state index in [9.17, 15) is 19.2 Å². The Morgan fingerprint density at radius 1 is 0.725 bits per heavy atom. The van der Waals surface area contributed by atoms with Crippen molar-refractivity contribution in [1.29, 1.82) is 0 Å². The summed E-state index contributed by atoms with van der Waals surface area (Å²) in [6.07, 6.45) is 0.303. The van der Waals surface area contributed by atoms with E-state index in [1.165, 1.54) is 0 Å². The van der Waals surface area contributed by atoms with Crippen LogP contribution in [0.1, 0.15) is 29.6 Å². The fourth-order valence-corrected chi connectivity index (χ4v) is 3.95. The molecule has 3 amide bonds. The monoisotopic (exact) mass is 603 g/mol. The first-order chi connectivity index (χ1) is 19.4. The van der Waals surface area contributed by atoms with E-state index >= 15 is 0 Å². The fourth-order valence-electron chi connectivity index (χ4n) is 3.69. The van der Waals surface area contributed by atoms with E-state index in [4.69, 9.17) is 9.47 Å². The van der Waals surface area contributed by atoms with Crippen LogP contribution in [0.2, 0.25) is 0 Å². The summed E-state index contributed by atoms with van der Waals surface area (Å²) in [6, 6.07) is 27.4. The number of carbonyl (C=O) groups excluding carboxylic acids is 4. The standard InChI is InChI=1S/C30H26BrN3O6/c31-22-13-11-21(12-14-22)30(38)34-33-28(36)19-39-29(37)10-4-9-27(35)32-23-15-17-24(18-16-23)40-26-8-3-6-20-5-1-2-7-25(20)26/h1-3,5-8,11-18H,4,9-10,19H2,(H,32,35)(H,33,36)(H,34,38). The van der Waals surface area contributed by atoms with Crippen molar-refractivity contribution in [1.82, 2.24) is 10.9 Å². The molecule has 0 saturated heterocycles. The zero-order valence-corrected chi connectivity index (χ0v) is 22.9. The Morgan fingerprint density at radius 3 is 2.23 bits per heavy atom. The van der Waals surface area contributed by atoms with Crippen molar-refractivity contribution >= 4 is 56.1 Å². The molecule has 0 aliphatic carbocycles. The van der Waals surface area contributed by atoms with Crippen LogP contribution in [-0.4, -0.2) is 30.3 Å². The predicted molar refractivity (Wildman–Crippen MR) is 154 cm³/mol. The molecule has 0 saturated carbocycles. The smallest absolute Gasteiger partial charge is 0.306 e. The summed E-state index contributed by atoms with van der Waals surface area (Å²) in [5, 5.41) is 4.86. The summed E-state index contributed by atoms with van der Waals surface area (Å²) in [6.45, 7) is -0.557. The number of benzene rings is 4. The molecule has 0 fully saturated rings. The molecular formula is C30H26BrN3O6. The van der Waals surface area contributed by atoms with Crippen molar-refractivity contribution in [2.24, 2.45) is 0 Å². The van der Waals surface area contributed by atoms with Crippen LogP contribution in [0.5, 0.6) is 11.5 Å². The molecule has 4 rings (SSSR count). The minimum atomic E-state index is -0.690. The van der Waals surface area contributed by atoms with Crippen LogP contribution in [0.15, 0.2) is 95.5 Å². The number of halogens is 1. The number of carbonyl (C=O) groups is 4. The first-order valence-electron chi connectivity index (χ1n) is 12.4. The Balaban J connectivity index is 1.12. The number of hydrogen-bond acceptors (Lipinski definition) is 6. The number of ether oxygens (including phenoxy) is 2. The number of anilines is 1. The van der Waals surface area contributed by atoms with Crippen LogP contribution in [0.3, 0.4) is 0 Å². The molecule has 4 aromatic rings. The third-order valence-electron chi connectivity index (χ3n) is 5.69. The molecule has 10 heteroatoms. The van der Waals surface area contributed by atoms with Crippen molar-refractivity contribution in [3.05, 3.63) is 101 Å². The first-order valence-corrected chi connectivity index (χ1v) is 13.2. The van der Waals surface area contributed by atoms with Crippen LogP contribution >= 0.6 is 15.9 Å². The Hall–Kier alpha value is -4.70. The Bertz CT molecular complexity index is 1500. The zero-order valence-electron chi connectivity index (χ0n) is 21.3. The van der Waals surface area contributed by atoms with Crippen LogP contribution in [0, 0.1) is 0 Å². The highest BCUT2D eigenvalue weighted by Crippen LogP contribution is 2.30. The van der Waals surface area contributed by atoms with Crippen LogP contribution < -0.4 is 20.9 Å². The maximum Gasteiger partial charge on any atom is 0.306 e. The molecule has 0 bridgehead atoms. The van der Waals surface area contributed by atoms with E-state index in [0.717, 1.165) is 21.0 Å². The van der Waals surface area contributed by atoms with Gasteiger partial charge in [0.15, 0.2) is 6.61 Å². The van der Waals surface area contributed by atoms with Crippen molar-refractivity contribution in [3.63, 3.8) is 0 Å². The lowest BCUT2D eigenvalue weighted by molar-refractivity contribution is -0.148. The highest BCUT2D eigenvalue weighted by Gasteiger charge is 2.11. The minimum Gasteiger partial charge on any atom is -0.457 e. The largest absolute Gasteiger partial charge is 0.457 e. The highest BCUT2D eigenvalue weighted by atomic mass is 79.9. The van der Waals surface area contributed by atoms with Gasteiger partial charge in [-0.3, -0.25) is 30.0 Å². The van der Waals surface area contributed by atoms with E-state index in [0.29, 0.717) is 17.0 Å². The summed E-state index contributed by atoms with van der Waals surface area (Å²) in [4.78, 5) is 48.0. The Morgan fingerprint density at radius 2 is 1.45 bits per heavy atom. The molecule has 0 atom stereocenters. The summed E-state index contributed by atoms with van der Waals surface area (Å²) in [7, 11) is 0. The van der Waals surface area contributed by atoms with E-state index < -0.39 is 24.4 Å². The summed E-state index contributed by atoms with van der Waals surface area (Å²) >= 11 is 3.27. The maximum atomic E-state index is 12.3. The van der Waals surface area contributed by atoms with Gasteiger partial charge < -0.3 is 14.8 Å². The molecule has 0 spiro atoms. The van der Waals surface area contributed by atoms with Crippen LogP contribution in [0.25, 0.3) is 10.8 Å². The summed E-state index contributed by atoms with van der Waals surface area (Å²) < 4.78 is 11.7. The number of hydrogen-bond donors (Lipinski definition) is 3. The zero-order chi connectivity index (χ0) is 28.3. The van der Waals surface area contributed by atoms with E-state index in [-0.39, 0.29) is 25.2 Å². The van der Waals surface area contributed by atoms with Gasteiger partial charge in [-0.15, -0.1) is 0 Å². The highest BCUT2D eigenvalue weighted by molar-refractivity contribution is 9.10. The number of rotatable bonds is 10. The average Bonchev–Trinajstić information content (AvgIpc) is 2.96. The molecule has 0 radical (unpaired) electrons. The first kappa shape index (κ1) is 28.3. The Labute approximate surface area is 239 Å². The van der Waals surface area contributed by atoms with E-state index in [1.807, 2.05) is 42.5 Å². The third kappa shape index (κ3) is 8.40. The van der Waals surface area contributed by atoms with Crippen LogP contribution in [0.4, 0.5) is 5.69 Å². The SMILES string of the molecule is O=C(COC(=O)CCCC(=O)Nc1ccc(Oc2cccc3ccccc23)cc1)NNC(=O)c1ccc(Br)cc1. The lowest BCUT2D eigenvalue weighted by Gasteiger charge is -2.10. The number of esters is 1. The minimum absolute atomic E-state index is 0.0379. The van der Waals surface area contributed by atoms with Gasteiger partial charge in [-0.05, 0) is 66.4 Å². The topological polar surface area (TPSA) is 123 Å². The van der Waals surface area contributed by atoms with E-state index in [2.05, 4.69) is 32.1 Å². The molecule has 0 aromatic heterocycles. The quantitative estimate of drug-likeness (QED) is 0.162. The van der Waals surface area contributed by atoms with Crippen molar-refractivity contribution in [3.8, 4) is 11.5 Å². The van der Waals surface area contributed by atoms with Gasteiger partial charge in [0.05, 0.1) is 0 Å². The number of nitrogens with one attached hydrogen (secondary N) is 3. The van der Waals surface area contributed by atoms with Gasteiger partial charge in [-0.25, -0.2) is 0 Å². The maximum absolute atomic E-state index is 12.3. The lowest BCUT2D eigenvalue weighted by Crippen LogP contribution is -2.43. The van der Waals surface area contributed by atoms with E-state index in [1.54, 1.807) is 48.5 Å². The Kier molecular flexibility index (Phi) is 9.84. The van der Waals surface area contributed by atoms with Gasteiger partial charge in [0.25, 0.3) is 11.8 Å².